The van der Waals surface area contributed by atoms with Crippen molar-refractivity contribution in [2.24, 2.45) is 0 Å². The Balaban J connectivity index is 2.95. The van der Waals surface area contributed by atoms with E-state index in [0.717, 1.165) is 0 Å². The summed E-state index contributed by atoms with van der Waals surface area (Å²) in [5.41, 5.74) is 6.00. The number of nitrogen functional groups attached to an aromatic ring is 1. The first-order valence-corrected chi connectivity index (χ1v) is 5.97. The fraction of sp³-hybridized carbons (Fsp3) is 0.400. The van der Waals surface area contributed by atoms with E-state index in [2.05, 4.69) is 4.98 Å². The van der Waals surface area contributed by atoms with Crippen molar-refractivity contribution in [3.63, 3.8) is 0 Å². The summed E-state index contributed by atoms with van der Waals surface area (Å²) in [6, 6.07) is 1.57. The molecule has 0 saturated heterocycles. The van der Waals surface area contributed by atoms with E-state index in [-0.39, 0.29) is 5.91 Å². The van der Waals surface area contributed by atoms with Crippen molar-refractivity contribution in [3.8, 4) is 0 Å². The first-order valence-electron chi connectivity index (χ1n) is 4.76. The van der Waals surface area contributed by atoms with Crippen LogP contribution >= 0.6 is 0 Å². The Bertz CT molecular complexity index is 420. The summed E-state index contributed by atoms with van der Waals surface area (Å²) in [7, 11) is 1.82. The quantitative estimate of drug-likeness (QED) is 0.823. The molecule has 0 bridgehead atoms. The molecule has 2 N–H and O–H groups in total. The second-order valence-electron chi connectivity index (χ2n) is 3.59. The molecule has 1 amide bonds. The number of rotatable bonds is 3. The molecular weight excluding hydrogens is 226 g/mol. The molecule has 1 heterocycles. The highest BCUT2D eigenvalue weighted by atomic mass is 32.2. The summed E-state index contributed by atoms with van der Waals surface area (Å²) in [5, 5.41) is -0.611. The molecule has 0 aliphatic heterocycles. The smallest absolute Gasteiger partial charge is 0.237 e. The van der Waals surface area contributed by atoms with Gasteiger partial charge in [0.2, 0.25) is 5.91 Å². The van der Waals surface area contributed by atoms with Crippen molar-refractivity contribution in [1.82, 2.24) is 9.88 Å². The van der Waals surface area contributed by atoms with E-state index in [9.17, 15) is 9.00 Å². The van der Waals surface area contributed by atoms with Gasteiger partial charge in [-0.1, -0.05) is 0 Å². The predicted octanol–water partition coefficient (Wildman–Crippen LogP) is 0.248. The molecule has 0 aliphatic rings. The molecule has 1 rings (SSSR count). The number of nitrogens with zero attached hydrogens (tertiary/aromatic N) is 2. The van der Waals surface area contributed by atoms with Crippen molar-refractivity contribution in [3.05, 3.63) is 18.5 Å². The Morgan fingerprint density at radius 3 is 2.69 bits per heavy atom. The normalized spacial score (nSPS) is 14.2. The molecule has 0 saturated carbocycles. The Hall–Kier alpha value is -1.43. The van der Waals surface area contributed by atoms with Crippen LogP contribution in [0.25, 0.3) is 0 Å². The number of aromatic nitrogens is 1. The highest BCUT2D eigenvalue weighted by Crippen LogP contribution is 2.18. The predicted molar refractivity (Wildman–Crippen MR) is 63.2 cm³/mol. The standard InChI is InChI=1S/C10H15N3O2S/c1-7(10(14)13(2)3)16(15)9-4-5-12-6-8(9)11/h4-7H,11H2,1-3H3. The molecule has 0 aliphatic carbocycles. The van der Waals surface area contributed by atoms with Gasteiger partial charge in [-0.15, -0.1) is 0 Å². The number of carbonyl (C=O) groups excluding carboxylic acids is 1. The lowest BCUT2D eigenvalue weighted by atomic mass is 10.4. The SMILES string of the molecule is CC(C(=O)N(C)C)S(=O)c1ccncc1N. The summed E-state index contributed by atoms with van der Waals surface area (Å²) in [4.78, 5) is 17.3. The summed E-state index contributed by atoms with van der Waals surface area (Å²) < 4.78 is 12.1. The van der Waals surface area contributed by atoms with Crippen molar-refractivity contribution >= 4 is 22.4 Å². The van der Waals surface area contributed by atoms with Gasteiger partial charge < -0.3 is 10.6 Å². The van der Waals surface area contributed by atoms with E-state index in [0.29, 0.717) is 10.6 Å². The van der Waals surface area contributed by atoms with Gasteiger partial charge in [-0.25, -0.2) is 0 Å². The number of amides is 1. The molecule has 2 unspecified atom stereocenters. The van der Waals surface area contributed by atoms with Crippen LogP contribution in [0.4, 0.5) is 5.69 Å². The molecule has 0 radical (unpaired) electrons. The first-order chi connectivity index (χ1) is 7.45. The van der Waals surface area contributed by atoms with Crippen LogP contribution in [-0.4, -0.2) is 39.3 Å². The minimum Gasteiger partial charge on any atom is -0.396 e. The van der Waals surface area contributed by atoms with Crippen molar-refractivity contribution < 1.29 is 9.00 Å². The molecule has 0 spiro atoms. The largest absolute Gasteiger partial charge is 0.396 e. The van der Waals surface area contributed by atoms with Crippen molar-refractivity contribution in [2.45, 2.75) is 17.1 Å². The average molecular weight is 241 g/mol. The molecule has 0 fully saturated rings. The van der Waals surface area contributed by atoms with Gasteiger partial charge >= 0.3 is 0 Å². The van der Waals surface area contributed by atoms with Crippen LogP contribution in [0.2, 0.25) is 0 Å². The third kappa shape index (κ3) is 2.57. The lowest BCUT2D eigenvalue weighted by molar-refractivity contribution is -0.127. The number of nitrogens with two attached hydrogens (primary N) is 1. The average Bonchev–Trinajstić information content (AvgIpc) is 2.26. The Morgan fingerprint density at radius 2 is 2.19 bits per heavy atom. The molecule has 6 heteroatoms. The van der Waals surface area contributed by atoms with Gasteiger partial charge in [-0.2, -0.15) is 0 Å². The van der Waals surface area contributed by atoms with E-state index >= 15 is 0 Å². The molecule has 1 aromatic rings. The monoisotopic (exact) mass is 241 g/mol. The topological polar surface area (TPSA) is 76.3 Å². The number of anilines is 1. The fourth-order valence-electron chi connectivity index (χ4n) is 1.22. The van der Waals surface area contributed by atoms with E-state index in [4.69, 9.17) is 5.73 Å². The van der Waals surface area contributed by atoms with Gasteiger partial charge in [0.1, 0.15) is 5.25 Å². The summed E-state index contributed by atoms with van der Waals surface area (Å²) in [6.07, 6.45) is 2.94. The number of pyridine rings is 1. The molecule has 5 nitrogen and oxygen atoms in total. The second-order valence-corrected chi connectivity index (χ2v) is 5.33. The number of carbonyl (C=O) groups is 1. The summed E-state index contributed by atoms with van der Waals surface area (Å²) >= 11 is 0. The Labute approximate surface area is 97.1 Å². The number of hydrogen-bond acceptors (Lipinski definition) is 4. The van der Waals surface area contributed by atoms with Crippen LogP contribution in [-0.2, 0) is 15.6 Å². The molecule has 0 aromatic carbocycles. The van der Waals surface area contributed by atoms with Gasteiger partial charge in [0.15, 0.2) is 0 Å². The minimum atomic E-state index is -1.45. The van der Waals surface area contributed by atoms with Gasteiger partial charge in [-0.05, 0) is 13.0 Å². The van der Waals surface area contributed by atoms with E-state index in [1.807, 2.05) is 0 Å². The molecule has 16 heavy (non-hydrogen) atoms. The molecular formula is C10H15N3O2S. The van der Waals surface area contributed by atoms with Crippen LogP contribution in [0, 0.1) is 0 Å². The highest BCUT2D eigenvalue weighted by Gasteiger charge is 2.24. The zero-order valence-corrected chi connectivity index (χ0v) is 10.3. The van der Waals surface area contributed by atoms with E-state index in [1.54, 1.807) is 27.1 Å². The second kappa shape index (κ2) is 5.07. The van der Waals surface area contributed by atoms with Gasteiger partial charge in [-0.3, -0.25) is 14.0 Å². The highest BCUT2D eigenvalue weighted by molar-refractivity contribution is 7.86. The zero-order chi connectivity index (χ0) is 12.3. The van der Waals surface area contributed by atoms with Gasteiger partial charge in [0, 0.05) is 20.3 Å². The fourth-order valence-corrected chi connectivity index (χ4v) is 2.48. The summed E-state index contributed by atoms with van der Waals surface area (Å²) in [5.74, 6) is -0.186. The maximum atomic E-state index is 12.1. The maximum Gasteiger partial charge on any atom is 0.237 e. The van der Waals surface area contributed by atoms with Gasteiger partial charge in [0.25, 0.3) is 0 Å². The van der Waals surface area contributed by atoms with Crippen molar-refractivity contribution in [2.75, 3.05) is 19.8 Å². The Kier molecular flexibility index (Phi) is 4.00. The number of hydrogen-bond donors (Lipinski definition) is 1. The third-order valence-corrected chi connectivity index (χ3v) is 3.79. The van der Waals surface area contributed by atoms with Crippen LogP contribution < -0.4 is 5.73 Å². The first kappa shape index (κ1) is 12.6. The summed E-state index contributed by atoms with van der Waals surface area (Å²) in [6.45, 7) is 1.62. The van der Waals surface area contributed by atoms with Crippen LogP contribution in [0.1, 0.15) is 6.92 Å². The maximum absolute atomic E-state index is 12.1. The third-order valence-electron chi connectivity index (χ3n) is 2.14. The van der Waals surface area contributed by atoms with Crippen molar-refractivity contribution in [1.29, 1.82) is 0 Å². The van der Waals surface area contributed by atoms with Crippen LogP contribution in [0.3, 0.4) is 0 Å². The molecule has 1 aromatic heterocycles. The Morgan fingerprint density at radius 1 is 1.56 bits per heavy atom. The lowest BCUT2D eigenvalue weighted by Gasteiger charge is -2.16. The van der Waals surface area contributed by atoms with Crippen LogP contribution in [0.15, 0.2) is 23.4 Å². The van der Waals surface area contributed by atoms with E-state index < -0.39 is 16.0 Å². The van der Waals surface area contributed by atoms with Crippen LogP contribution in [0.5, 0.6) is 0 Å². The van der Waals surface area contributed by atoms with E-state index in [1.165, 1.54) is 17.3 Å². The molecule has 2 atom stereocenters. The zero-order valence-electron chi connectivity index (χ0n) is 9.51. The lowest BCUT2D eigenvalue weighted by Crippen LogP contribution is -2.34. The minimum absolute atomic E-state index is 0.186. The van der Waals surface area contributed by atoms with Gasteiger partial charge in [0.05, 0.1) is 27.6 Å². The molecule has 88 valence electrons.